The fourth-order valence-corrected chi connectivity index (χ4v) is 2.87. The van der Waals surface area contributed by atoms with E-state index in [0.29, 0.717) is 0 Å². The van der Waals surface area contributed by atoms with Gasteiger partial charge in [0.1, 0.15) is 6.54 Å². The smallest absolute Gasteiger partial charge is 0.169 e. The van der Waals surface area contributed by atoms with E-state index in [9.17, 15) is 0 Å². The fraction of sp³-hybridized carbons (Fsp3) is 0.167. The molecule has 0 fully saturated rings. The Morgan fingerprint density at radius 3 is 2.21 bits per heavy atom. The molecular weight excluding hydrogens is 344 g/mol. The zero-order chi connectivity index (χ0) is 19.4. The predicted octanol–water partition coefficient (Wildman–Crippen LogP) is 4.55. The van der Waals surface area contributed by atoms with Crippen molar-refractivity contribution in [1.82, 2.24) is 9.97 Å². The first-order valence-electron chi connectivity index (χ1n) is 9.49. The minimum absolute atomic E-state index is 0.826. The van der Waals surface area contributed by atoms with Gasteiger partial charge in [0.05, 0.1) is 0 Å². The van der Waals surface area contributed by atoms with E-state index in [1.165, 1.54) is 11.1 Å². The number of allylic oxidation sites excluding steroid dienone is 3. The van der Waals surface area contributed by atoms with Gasteiger partial charge in [-0.25, -0.2) is 4.57 Å². The van der Waals surface area contributed by atoms with Crippen molar-refractivity contribution >= 4 is 11.8 Å². The largest absolute Gasteiger partial charge is 0.293 e. The Bertz CT molecular complexity index is 914. The van der Waals surface area contributed by atoms with E-state index in [0.717, 1.165) is 37.1 Å². The first kappa shape index (κ1) is 19.4. The van der Waals surface area contributed by atoms with Crippen LogP contribution in [0.15, 0.2) is 97.3 Å². The first-order chi connectivity index (χ1) is 13.9. The third-order valence-corrected chi connectivity index (χ3v) is 4.45. The van der Waals surface area contributed by atoms with Crippen LogP contribution in [0.5, 0.6) is 0 Å². The lowest BCUT2D eigenvalue weighted by Gasteiger charge is -2.01. The Hall–Kier alpha value is -3.40. The summed E-state index contributed by atoms with van der Waals surface area (Å²) in [5.74, 6) is 0. The van der Waals surface area contributed by atoms with Gasteiger partial charge in [0.15, 0.2) is 12.4 Å². The third-order valence-electron chi connectivity index (χ3n) is 4.45. The molecule has 4 heteroatoms. The van der Waals surface area contributed by atoms with Crippen molar-refractivity contribution in [3.8, 4) is 11.1 Å². The van der Waals surface area contributed by atoms with Crippen LogP contribution in [0.2, 0.25) is 0 Å². The van der Waals surface area contributed by atoms with Gasteiger partial charge in [0.25, 0.3) is 0 Å². The van der Waals surface area contributed by atoms with Crippen LogP contribution in [0.4, 0.5) is 0 Å². The van der Waals surface area contributed by atoms with Crippen molar-refractivity contribution in [3.63, 3.8) is 0 Å². The number of rotatable bonds is 9. The van der Waals surface area contributed by atoms with Crippen LogP contribution < -0.4 is 4.57 Å². The summed E-state index contributed by atoms with van der Waals surface area (Å²) in [4.78, 5) is 12.6. The van der Waals surface area contributed by atoms with Crippen LogP contribution >= 0.6 is 0 Å². The normalized spacial score (nSPS) is 11.6. The highest BCUT2D eigenvalue weighted by molar-refractivity contribution is 5.88. The van der Waals surface area contributed by atoms with Crippen LogP contribution in [0.3, 0.4) is 0 Å². The monoisotopic (exact) mass is 369 g/mol. The minimum Gasteiger partial charge on any atom is -0.293 e. The highest BCUT2D eigenvalue weighted by atomic mass is 14.9. The zero-order valence-electron chi connectivity index (χ0n) is 16.0. The fourth-order valence-electron chi connectivity index (χ4n) is 2.87. The van der Waals surface area contributed by atoms with Crippen molar-refractivity contribution < 1.29 is 4.57 Å². The molecule has 0 saturated carbocycles. The number of hydrogen-bond acceptors (Lipinski definition) is 3. The van der Waals surface area contributed by atoms with Crippen LogP contribution in [0.1, 0.15) is 18.4 Å². The van der Waals surface area contributed by atoms with Crippen molar-refractivity contribution in [2.45, 2.75) is 19.4 Å². The second-order valence-electron chi connectivity index (χ2n) is 6.38. The van der Waals surface area contributed by atoms with Gasteiger partial charge in [-0.15, -0.1) is 0 Å². The Labute approximate surface area is 166 Å². The summed E-state index contributed by atoms with van der Waals surface area (Å²) in [6.07, 6.45) is 19.3. The number of nitrogens with zero attached hydrogens (tertiary/aromatic N) is 4. The zero-order valence-corrected chi connectivity index (χ0v) is 16.0. The lowest BCUT2D eigenvalue weighted by molar-refractivity contribution is -0.697. The van der Waals surface area contributed by atoms with Gasteiger partial charge in [-0.05, 0) is 59.0 Å². The molecule has 3 heterocycles. The molecule has 0 N–H and O–H groups in total. The number of aromatic nitrogens is 3. The molecule has 4 nitrogen and oxygen atoms in total. The van der Waals surface area contributed by atoms with Gasteiger partial charge in [-0.1, -0.05) is 12.7 Å². The average Bonchev–Trinajstić information content (AvgIpc) is 2.77. The van der Waals surface area contributed by atoms with Crippen molar-refractivity contribution in [2.75, 3.05) is 6.54 Å². The van der Waals surface area contributed by atoms with Gasteiger partial charge in [0.2, 0.25) is 0 Å². The Kier molecular flexibility index (Phi) is 7.38. The molecule has 0 spiro atoms. The Balaban J connectivity index is 1.41. The third kappa shape index (κ3) is 5.81. The van der Waals surface area contributed by atoms with E-state index in [1.807, 2.05) is 55.0 Å². The van der Waals surface area contributed by atoms with E-state index >= 15 is 0 Å². The van der Waals surface area contributed by atoms with Crippen molar-refractivity contribution in [1.29, 1.82) is 0 Å². The van der Waals surface area contributed by atoms with Gasteiger partial charge in [-0.3, -0.25) is 15.0 Å². The summed E-state index contributed by atoms with van der Waals surface area (Å²) in [7, 11) is 0. The SMILES string of the molecule is C=C/C(=C\C=NCCCC[n+]1ccc(-c2ccncc2)cc1)c1ccncc1. The van der Waals surface area contributed by atoms with Crippen molar-refractivity contribution in [2.24, 2.45) is 4.99 Å². The molecular formula is C24H25N4+. The maximum absolute atomic E-state index is 4.49. The summed E-state index contributed by atoms with van der Waals surface area (Å²) >= 11 is 0. The summed E-state index contributed by atoms with van der Waals surface area (Å²) < 4.78 is 2.22. The van der Waals surface area contributed by atoms with Crippen LogP contribution in [0, 0.1) is 0 Å². The molecule has 0 unspecified atom stereocenters. The number of hydrogen-bond donors (Lipinski definition) is 0. The van der Waals surface area contributed by atoms with E-state index < -0.39 is 0 Å². The molecule has 0 atom stereocenters. The number of aliphatic imine (C=N–C) groups is 1. The number of aryl methyl sites for hydroxylation is 1. The molecule has 0 aliphatic heterocycles. The Morgan fingerprint density at radius 1 is 0.893 bits per heavy atom. The highest BCUT2D eigenvalue weighted by Gasteiger charge is 2.02. The summed E-state index contributed by atoms with van der Waals surface area (Å²) in [6.45, 7) is 5.69. The number of pyridine rings is 3. The summed E-state index contributed by atoms with van der Waals surface area (Å²) in [5, 5.41) is 0. The molecule has 3 aromatic heterocycles. The lowest BCUT2D eigenvalue weighted by Crippen LogP contribution is -2.32. The van der Waals surface area contributed by atoms with Gasteiger partial charge in [-0.2, -0.15) is 0 Å². The molecule has 0 radical (unpaired) electrons. The molecule has 0 aliphatic carbocycles. The molecule has 28 heavy (non-hydrogen) atoms. The van der Waals surface area contributed by atoms with E-state index in [-0.39, 0.29) is 0 Å². The molecule has 0 aromatic carbocycles. The lowest BCUT2D eigenvalue weighted by atomic mass is 10.1. The second-order valence-corrected chi connectivity index (χ2v) is 6.38. The predicted molar refractivity (Wildman–Crippen MR) is 115 cm³/mol. The Morgan fingerprint density at radius 2 is 1.54 bits per heavy atom. The molecule has 3 aromatic rings. The first-order valence-corrected chi connectivity index (χ1v) is 9.49. The average molecular weight is 369 g/mol. The quantitative estimate of drug-likeness (QED) is 0.240. The van der Waals surface area contributed by atoms with Gasteiger partial charge >= 0.3 is 0 Å². The summed E-state index contributed by atoms with van der Waals surface area (Å²) in [6, 6.07) is 12.3. The topological polar surface area (TPSA) is 42.0 Å². The van der Waals surface area contributed by atoms with E-state index in [1.54, 1.807) is 12.4 Å². The molecule has 3 rings (SSSR count). The van der Waals surface area contributed by atoms with Gasteiger partial charge < -0.3 is 0 Å². The standard InChI is InChI=1S/C24H25N4/c1-2-21(22-6-14-26-15-7-22)5-13-25-12-3-4-18-28-19-10-24(11-20-28)23-8-16-27-17-9-23/h2,5-11,13-17,19-20H,1,3-4,12,18H2/q+1/b21-5+,25-13?. The molecule has 0 aliphatic rings. The van der Waals surface area contributed by atoms with E-state index in [2.05, 4.69) is 50.6 Å². The van der Waals surface area contributed by atoms with Crippen LogP contribution in [0.25, 0.3) is 16.7 Å². The van der Waals surface area contributed by atoms with Crippen LogP contribution in [-0.2, 0) is 6.54 Å². The maximum atomic E-state index is 4.49. The molecule has 0 amide bonds. The van der Waals surface area contributed by atoms with Gasteiger partial charge in [0, 0.05) is 56.1 Å². The highest BCUT2D eigenvalue weighted by Crippen LogP contribution is 2.15. The number of unbranched alkanes of at least 4 members (excludes halogenated alkanes) is 1. The van der Waals surface area contributed by atoms with Crippen LogP contribution in [-0.4, -0.2) is 22.7 Å². The van der Waals surface area contributed by atoms with Crippen molar-refractivity contribution in [3.05, 3.63) is 97.9 Å². The molecule has 0 saturated heterocycles. The van der Waals surface area contributed by atoms with E-state index in [4.69, 9.17) is 0 Å². The summed E-state index contributed by atoms with van der Waals surface area (Å²) in [5.41, 5.74) is 4.55. The minimum atomic E-state index is 0.826. The maximum Gasteiger partial charge on any atom is 0.169 e. The molecule has 140 valence electrons. The molecule has 0 bridgehead atoms. The second kappa shape index (κ2) is 10.7.